The standard InChI is InChI=1S/C22H20N4O4S2/c27-21(17-8-10-18(11-9-17)26(29)30)24-20(15-31-14-16-5-2-1-3-6-16)22(28)25-23-13-19-7-4-12-32-19/h1-13,20H,14-15H2,(H,24,27)(H,25,28)/t20-/m1/s1. The second-order valence-corrected chi connectivity index (χ2v) is 8.59. The van der Waals surface area contributed by atoms with E-state index in [1.165, 1.54) is 53.6 Å². The minimum Gasteiger partial charge on any atom is -0.339 e. The SMILES string of the molecule is O=C(N[C@H](CSCc1ccccc1)C(=O)NN=Cc1cccs1)c1ccc([N+](=O)[O-])cc1. The molecule has 0 aliphatic carbocycles. The Labute approximate surface area is 192 Å². The lowest BCUT2D eigenvalue weighted by atomic mass is 10.2. The Hall–Kier alpha value is -3.50. The third-order valence-corrected chi connectivity index (χ3v) is 6.18. The molecule has 1 heterocycles. The predicted octanol–water partition coefficient (Wildman–Crippen LogP) is 3.84. The number of nitrogens with one attached hydrogen (secondary N) is 2. The maximum Gasteiger partial charge on any atom is 0.269 e. The monoisotopic (exact) mass is 468 g/mol. The summed E-state index contributed by atoms with van der Waals surface area (Å²) in [6, 6.07) is 17.9. The van der Waals surface area contributed by atoms with Gasteiger partial charge in [0, 0.05) is 34.1 Å². The molecule has 0 bridgehead atoms. The molecule has 0 spiro atoms. The number of amides is 2. The molecule has 164 valence electrons. The smallest absolute Gasteiger partial charge is 0.269 e. The van der Waals surface area contributed by atoms with Gasteiger partial charge in [-0.05, 0) is 29.1 Å². The third kappa shape index (κ3) is 7.03. The van der Waals surface area contributed by atoms with Gasteiger partial charge in [-0.2, -0.15) is 16.9 Å². The molecule has 32 heavy (non-hydrogen) atoms. The fourth-order valence-corrected chi connectivity index (χ4v) is 4.23. The highest BCUT2D eigenvalue weighted by molar-refractivity contribution is 7.98. The van der Waals surface area contributed by atoms with E-state index >= 15 is 0 Å². The van der Waals surface area contributed by atoms with Gasteiger partial charge in [-0.1, -0.05) is 36.4 Å². The fraction of sp³-hybridized carbons (Fsp3) is 0.136. The number of thiophene rings is 1. The molecule has 2 N–H and O–H groups in total. The second-order valence-electron chi connectivity index (χ2n) is 6.58. The van der Waals surface area contributed by atoms with Gasteiger partial charge in [0.2, 0.25) is 0 Å². The van der Waals surface area contributed by atoms with Crippen molar-refractivity contribution in [3.8, 4) is 0 Å². The van der Waals surface area contributed by atoms with Crippen LogP contribution < -0.4 is 10.7 Å². The van der Waals surface area contributed by atoms with Crippen molar-refractivity contribution < 1.29 is 14.5 Å². The topological polar surface area (TPSA) is 114 Å². The summed E-state index contributed by atoms with van der Waals surface area (Å²) in [7, 11) is 0. The van der Waals surface area contributed by atoms with Gasteiger partial charge in [0.15, 0.2) is 0 Å². The largest absolute Gasteiger partial charge is 0.339 e. The Bertz CT molecular complexity index is 1070. The van der Waals surface area contributed by atoms with Gasteiger partial charge in [-0.25, -0.2) is 5.43 Å². The van der Waals surface area contributed by atoms with Crippen molar-refractivity contribution in [2.75, 3.05) is 5.75 Å². The van der Waals surface area contributed by atoms with Crippen LogP contribution in [0.4, 0.5) is 5.69 Å². The number of non-ortho nitro benzene ring substituents is 1. The zero-order valence-electron chi connectivity index (χ0n) is 16.8. The summed E-state index contributed by atoms with van der Waals surface area (Å²) in [4.78, 5) is 36.5. The van der Waals surface area contributed by atoms with Crippen molar-refractivity contribution in [3.05, 3.63) is 98.2 Å². The number of carbonyl (C=O) groups excluding carboxylic acids is 2. The number of hydrazone groups is 1. The number of rotatable bonds is 10. The normalized spacial score (nSPS) is 11.8. The van der Waals surface area contributed by atoms with Crippen LogP contribution in [0.5, 0.6) is 0 Å². The van der Waals surface area contributed by atoms with Crippen molar-refractivity contribution in [2.24, 2.45) is 5.10 Å². The molecule has 3 aromatic rings. The number of hydrogen-bond acceptors (Lipinski definition) is 7. The van der Waals surface area contributed by atoms with Crippen LogP contribution in [-0.2, 0) is 10.5 Å². The van der Waals surface area contributed by atoms with E-state index in [4.69, 9.17) is 0 Å². The highest BCUT2D eigenvalue weighted by Gasteiger charge is 2.22. The van der Waals surface area contributed by atoms with Gasteiger partial charge in [-0.15, -0.1) is 11.3 Å². The molecule has 0 unspecified atom stereocenters. The van der Waals surface area contributed by atoms with E-state index in [0.29, 0.717) is 11.5 Å². The summed E-state index contributed by atoms with van der Waals surface area (Å²) >= 11 is 2.99. The van der Waals surface area contributed by atoms with E-state index in [-0.39, 0.29) is 11.3 Å². The molecular weight excluding hydrogens is 448 g/mol. The molecule has 3 rings (SSSR count). The third-order valence-electron chi connectivity index (χ3n) is 4.27. The summed E-state index contributed by atoms with van der Waals surface area (Å²) in [5, 5.41) is 19.4. The zero-order valence-corrected chi connectivity index (χ0v) is 18.5. The molecular formula is C22H20N4O4S2. The van der Waals surface area contributed by atoms with Crippen molar-refractivity contribution in [2.45, 2.75) is 11.8 Å². The van der Waals surface area contributed by atoms with Gasteiger partial charge < -0.3 is 5.32 Å². The molecule has 1 atom stereocenters. The molecule has 0 saturated carbocycles. The number of hydrogen-bond donors (Lipinski definition) is 2. The van der Waals surface area contributed by atoms with E-state index in [0.717, 1.165) is 10.4 Å². The molecule has 8 nitrogen and oxygen atoms in total. The lowest BCUT2D eigenvalue weighted by Gasteiger charge is -2.17. The van der Waals surface area contributed by atoms with Crippen LogP contribution >= 0.6 is 23.1 Å². The fourth-order valence-electron chi connectivity index (χ4n) is 2.63. The van der Waals surface area contributed by atoms with E-state index in [2.05, 4.69) is 15.8 Å². The van der Waals surface area contributed by atoms with Gasteiger partial charge in [0.1, 0.15) is 6.04 Å². The number of nitro groups is 1. The van der Waals surface area contributed by atoms with Crippen molar-refractivity contribution in [3.63, 3.8) is 0 Å². The van der Waals surface area contributed by atoms with Gasteiger partial charge >= 0.3 is 0 Å². The Kier molecular flexibility index (Phi) is 8.52. The maximum absolute atomic E-state index is 12.7. The quantitative estimate of drug-likeness (QED) is 0.267. The number of nitrogens with zero attached hydrogens (tertiary/aromatic N) is 2. The van der Waals surface area contributed by atoms with E-state index in [1.807, 2.05) is 47.8 Å². The van der Waals surface area contributed by atoms with Crippen molar-refractivity contribution in [1.29, 1.82) is 0 Å². The number of nitro benzene ring substituents is 1. The van der Waals surface area contributed by atoms with E-state index < -0.39 is 22.8 Å². The van der Waals surface area contributed by atoms with Gasteiger partial charge in [0.25, 0.3) is 17.5 Å². The molecule has 0 fully saturated rings. The number of thioether (sulfide) groups is 1. The molecule has 2 amide bonds. The Morgan fingerprint density at radius 3 is 2.50 bits per heavy atom. The Morgan fingerprint density at radius 2 is 1.84 bits per heavy atom. The average Bonchev–Trinajstić information content (AvgIpc) is 3.32. The maximum atomic E-state index is 12.7. The molecule has 1 aromatic heterocycles. The van der Waals surface area contributed by atoms with Crippen LogP contribution in [0.2, 0.25) is 0 Å². The van der Waals surface area contributed by atoms with Crippen LogP contribution in [0, 0.1) is 10.1 Å². The lowest BCUT2D eigenvalue weighted by Crippen LogP contribution is -2.47. The summed E-state index contributed by atoms with van der Waals surface area (Å²) in [6.07, 6.45) is 1.54. The summed E-state index contributed by atoms with van der Waals surface area (Å²) in [5.41, 5.74) is 3.69. The van der Waals surface area contributed by atoms with Crippen LogP contribution in [0.3, 0.4) is 0 Å². The van der Waals surface area contributed by atoms with E-state index in [1.54, 1.807) is 0 Å². The average molecular weight is 469 g/mol. The van der Waals surface area contributed by atoms with Crippen molar-refractivity contribution in [1.82, 2.24) is 10.7 Å². The van der Waals surface area contributed by atoms with Crippen molar-refractivity contribution >= 4 is 46.8 Å². The molecule has 0 saturated heterocycles. The predicted molar refractivity (Wildman–Crippen MR) is 127 cm³/mol. The first-order chi connectivity index (χ1) is 15.5. The number of carbonyl (C=O) groups is 2. The van der Waals surface area contributed by atoms with Crippen LogP contribution in [0.25, 0.3) is 0 Å². The lowest BCUT2D eigenvalue weighted by molar-refractivity contribution is -0.384. The Balaban J connectivity index is 1.64. The highest BCUT2D eigenvalue weighted by atomic mass is 32.2. The summed E-state index contributed by atoms with van der Waals surface area (Å²) in [6.45, 7) is 0. The summed E-state index contributed by atoms with van der Waals surface area (Å²) < 4.78 is 0. The molecule has 2 aromatic carbocycles. The van der Waals surface area contributed by atoms with Crippen LogP contribution in [0.15, 0.2) is 77.2 Å². The van der Waals surface area contributed by atoms with E-state index in [9.17, 15) is 19.7 Å². The zero-order chi connectivity index (χ0) is 22.8. The summed E-state index contributed by atoms with van der Waals surface area (Å²) in [5.74, 6) is 0.0565. The molecule has 0 radical (unpaired) electrons. The molecule has 0 aliphatic heterocycles. The first-order valence-corrected chi connectivity index (χ1v) is 11.6. The minimum absolute atomic E-state index is 0.114. The van der Waals surface area contributed by atoms with Gasteiger partial charge in [-0.3, -0.25) is 19.7 Å². The molecule has 0 aliphatic rings. The highest BCUT2D eigenvalue weighted by Crippen LogP contribution is 2.15. The first kappa shape index (κ1) is 23.2. The van der Waals surface area contributed by atoms with Crippen LogP contribution in [0.1, 0.15) is 20.8 Å². The first-order valence-electron chi connectivity index (χ1n) is 9.56. The number of benzene rings is 2. The second kappa shape index (κ2) is 11.8. The minimum atomic E-state index is -0.841. The molecule has 10 heteroatoms. The Morgan fingerprint density at radius 1 is 1.09 bits per heavy atom. The van der Waals surface area contributed by atoms with Crippen LogP contribution in [-0.4, -0.2) is 34.7 Å². The van der Waals surface area contributed by atoms with Gasteiger partial charge in [0.05, 0.1) is 11.1 Å².